The first-order valence-corrected chi connectivity index (χ1v) is 9.37. The van der Waals surface area contributed by atoms with Gasteiger partial charge in [0.25, 0.3) is 0 Å². The van der Waals surface area contributed by atoms with E-state index in [4.69, 9.17) is 9.47 Å². The van der Waals surface area contributed by atoms with E-state index in [1.54, 1.807) is 4.90 Å². The van der Waals surface area contributed by atoms with E-state index in [9.17, 15) is 13.6 Å². The molecule has 136 valence electrons. The molecule has 1 amide bonds. The normalized spacial score (nSPS) is 32.6. The summed E-state index contributed by atoms with van der Waals surface area (Å²) in [5.74, 6) is -2.54. The number of carbonyl (C=O) groups excluding carboxylic acids is 1. The molecular formula is C18H27F2NO3. The fraction of sp³-hybridized carbons (Fsp3) is 0.944. The van der Waals surface area contributed by atoms with Crippen molar-refractivity contribution in [3.63, 3.8) is 0 Å². The van der Waals surface area contributed by atoms with Gasteiger partial charge in [-0.15, -0.1) is 0 Å². The van der Waals surface area contributed by atoms with Crippen molar-refractivity contribution < 1.29 is 23.0 Å². The Morgan fingerprint density at radius 1 is 1.12 bits per heavy atom. The van der Waals surface area contributed by atoms with E-state index in [1.165, 1.54) is 25.7 Å². The summed E-state index contributed by atoms with van der Waals surface area (Å²) in [6.45, 7) is 2.59. The lowest BCUT2D eigenvalue weighted by atomic mass is 9.77. The van der Waals surface area contributed by atoms with E-state index in [1.807, 2.05) is 0 Å². The Morgan fingerprint density at radius 3 is 2.50 bits per heavy atom. The third kappa shape index (κ3) is 3.32. The number of amides is 1. The van der Waals surface area contributed by atoms with Crippen LogP contribution >= 0.6 is 0 Å². The highest BCUT2D eigenvalue weighted by molar-refractivity contribution is 5.81. The molecule has 2 saturated carbocycles. The molecule has 4 nitrogen and oxygen atoms in total. The van der Waals surface area contributed by atoms with Crippen molar-refractivity contribution in [2.45, 2.75) is 69.0 Å². The minimum absolute atomic E-state index is 0.121. The van der Waals surface area contributed by atoms with Gasteiger partial charge in [-0.25, -0.2) is 8.78 Å². The zero-order valence-electron chi connectivity index (χ0n) is 14.1. The van der Waals surface area contributed by atoms with Gasteiger partial charge >= 0.3 is 0 Å². The monoisotopic (exact) mass is 343 g/mol. The molecule has 0 aromatic heterocycles. The second kappa shape index (κ2) is 6.20. The van der Waals surface area contributed by atoms with Crippen LogP contribution in [0.15, 0.2) is 0 Å². The predicted octanol–water partition coefficient (Wildman–Crippen LogP) is 3.00. The Balaban J connectivity index is 1.23. The van der Waals surface area contributed by atoms with Gasteiger partial charge in [0.2, 0.25) is 11.8 Å². The Morgan fingerprint density at radius 2 is 1.83 bits per heavy atom. The fourth-order valence-corrected chi connectivity index (χ4v) is 4.69. The van der Waals surface area contributed by atoms with Crippen molar-refractivity contribution in [2.75, 3.05) is 26.3 Å². The number of ether oxygens (including phenoxy) is 2. The van der Waals surface area contributed by atoms with Crippen LogP contribution in [0.5, 0.6) is 0 Å². The van der Waals surface area contributed by atoms with E-state index in [0.717, 1.165) is 19.4 Å². The topological polar surface area (TPSA) is 38.8 Å². The van der Waals surface area contributed by atoms with Gasteiger partial charge in [-0.3, -0.25) is 4.79 Å². The second-order valence-corrected chi connectivity index (χ2v) is 8.29. The van der Waals surface area contributed by atoms with Crippen LogP contribution in [0.1, 0.15) is 51.4 Å². The van der Waals surface area contributed by atoms with Crippen molar-refractivity contribution in [1.82, 2.24) is 4.90 Å². The number of halogens is 2. The smallest absolute Gasteiger partial charge is 0.249 e. The van der Waals surface area contributed by atoms with Gasteiger partial charge in [0.15, 0.2) is 0 Å². The van der Waals surface area contributed by atoms with Crippen LogP contribution in [0.3, 0.4) is 0 Å². The summed E-state index contributed by atoms with van der Waals surface area (Å²) in [5, 5.41) is 0. The molecule has 0 unspecified atom stereocenters. The average Bonchev–Trinajstić information content (AvgIpc) is 3.01. The lowest BCUT2D eigenvalue weighted by Gasteiger charge is -2.54. The first-order chi connectivity index (χ1) is 11.4. The maximum absolute atomic E-state index is 12.9. The van der Waals surface area contributed by atoms with Crippen LogP contribution in [0.25, 0.3) is 0 Å². The zero-order chi connectivity index (χ0) is 16.8. The second-order valence-electron chi connectivity index (χ2n) is 8.29. The van der Waals surface area contributed by atoms with E-state index >= 15 is 0 Å². The number of alkyl halides is 2. The van der Waals surface area contributed by atoms with Gasteiger partial charge in [0.05, 0.1) is 19.2 Å². The Kier molecular flexibility index (Phi) is 4.32. The van der Waals surface area contributed by atoms with Crippen LogP contribution < -0.4 is 0 Å². The molecule has 0 aromatic rings. The summed E-state index contributed by atoms with van der Waals surface area (Å²) in [7, 11) is 0. The summed E-state index contributed by atoms with van der Waals surface area (Å²) >= 11 is 0. The highest BCUT2D eigenvalue weighted by Gasteiger charge is 2.55. The molecule has 2 saturated heterocycles. The van der Waals surface area contributed by atoms with Crippen molar-refractivity contribution in [3.8, 4) is 0 Å². The third-order valence-corrected chi connectivity index (χ3v) is 6.20. The number of nitrogens with zero attached hydrogens (tertiary/aromatic N) is 1. The summed E-state index contributed by atoms with van der Waals surface area (Å²) < 4.78 is 37.9. The molecule has 24 heavy (non-hydrogen) atoms. The number of rotatable bonds is 4. The quantitative estimate of drug-likeness (QED) is 0.788. The average molecular weight is 343 g/mol. The van der Waals surface area contributed by atoms with Gasteiger partial charge in [0.1, 0.15) is 5.60 Å². The van der Waals surface area contributed by atoms with Gasteiger partial charge in [-0.2, -0.15) is 0 Å². The molecule has 0 N–H and O–H groups in total. The van der Waals surface area contributed by atoms with E-state index in [2.05, 4.69) is 0 Å². The minimum Gasteiger partial charge on any atom is -0.378 e. The van der Waals surface area contributed by atoms with Gasteiger partial charge in [0, 0.05) is 38.4 Å². The number of hydrogen-bond donors (Lipinski definition) is 0. The zero-order valence-corrected chi connectivity index (χ0v) is 14.1. The molecule has 0 bridgehead atoms. The van der Waals surface area contributed by atoms with Crippen molar-refractivity contribution in [2.24, 2.45) is 11.8 Å². The first kappa shape index (κ1) is 16.7. The van der Waals surface area contributed by atoms with Gasteiger partial charge in [-0.1, -0.05) is 12.8 Å². The highest BCUT2D eigenvalue weighted by atomic mass is 19.3. The summed E-state index contributed by atoms with van der Waals surface area (Å²) in [6.07, 6.45) is 6.58. The summed E-state index contributed by atoms with van der Waals surface area (Å²) in [4.78, 5) is 13.9. The molecule has 0 aromatic carbocycles. The van der Waals surface area contributed by atoms with Crippen molar-refractivity contribution in [3.05, 3.63) is 0 Å². The van der Waals surface area contributed by atoms with Crippen LogP contribution in [-0.4, -0.2) is 54.7 Å². The molecule has 2 heterocycles. The van der Waals surface area contributed by atoms with Crippen LogP contribution in [0, 0.1) is 11.8 Å². The molecule has 6 heteroatoms. The molecule has 1 spiro atoms. The number of likely N-dealkylation sites (tertiary alicyclic amines) is 1. The van der Waals surface area contributed by atoms with Crippen LogP contribution in [-0.2, 0) is 14.3 Å². The predicted molar refractivity (Wildman–Crippen MR) is 83.9 cm³/mol. The molecule has 1 atom stereocenters. The van der Waals surface area contributed by atoms with Crippen LogP contribution in [0.2, 0.25) is 0 Å². The molecule has 2 aliphatic heterocycles. The largest absolute Gasteiger partial charge is 0.378 e. The van der Waals surface area contributed by atoms with Gasteiger partial charge in [-0.05, 0) is 25.2 Å². The molecule has 0 radical (unpaired) electrons. The Hall–Kier alpha value is -0.750. The number of hydrogen-bond acceptors (Lipinski definition) is 3. The lowest BCUT2D eigenvalue weighted by Crippen LogP contribution is -2.68. The van der Waals surface area contributed by atoms with E-state index in [-0.39, 0.29) is 30.5 Å². The van der Waals surface area contributed by atoms with Crippen LogP contribution in [0.4, 0.5) is 8.78 Å². The maximum atomic E-state index is 12.9. The Labute approximate surface area is 141 Å². The molecular weight excluding hydrogens is 316 g/mol. The third-order valence-electron chi connectivity index (χ3n) is 6.20. The summed E-state index contributed by atoms with van der Waals surface area (Å²) in [6, 6.07) is 0. The molecule has 4 aliphatic rings. The lowest BCUT2D eigenvalue weighted by molar-refractivity contribution is -0.210. The first-order valence-electron chi connectivity index (χ1n) is 9.37. The molecule has 4 rings (SSSR count). The SMILES string of the molecule is O=C(C1CC(F)(F)C1)N1CC2(C[C@@H](OCC3CCCC3)CCO2)C1. The minimum atomic E-state index is -2.64. The maximum Gasteiger partial charge on any atom is 0.249 e. The summed E-state index contributed by atoms with van der Waals surface area (Å²) in [5.41, 5.74) is -0.291. The molecule has 4 fully saturated rings. The van der Waals surface area contributed by atoms with E-state index in [0.29, 0.717) is 25.6 Å². The number of carbonyl (C=O) groups is 1. The standard InChI is InChI=1S/C18H27F2NO3/c19-18(20)7-14(8-18)16(22)21-11-17(12-21)9-15(5-6-24-17)23-10-13-3-1-2-4-13/h13-15H,1-12H2/t15-/m0/s1. The highest BCUT2D eigenvalue weighted by Crippen LogP contribution is 2.45. The molecule has 2 aliphatic carbocycles. The van der Waals surface area contributed by atoms with Crippen molar-refractivity contribution in [1.29, 1.82) is 0 Å². The Bertz CT molecular complexity index is 479. The fourth-order valence-electron chi connectivity index (χ4n) is 4.69. The van der Waals surface area contributed by atoms with Gasteiger partial charge < -0.3 is 14.4 Å². The van der Waals surface area contributed by atoms with E-state index < -0.39 is 11.8 Å². The van der Waals surface area contributed by atoms with Crippen molar-refractivity contribution >= 4 is 5.91 Å².